The monoisotopic (exact) mass is 371 g/mol. The summed E-state index contributed by atoms with van der Waals surface area (Å²) in [7, 11) is 0. The second-order valence-electron chi connectivity index (χ2n) is 6.41. The molecule has 1 saturated carbocycles. The quantitative estimate of drug-likeness (QED) is 0.458. The van der Waals surface area contributed by atoms with Crippen molar-refractivity contribution in [3.63, 3.8) is 0 Å². The lowest BCUT2D eigenvalue weighted by Gasteiger charge is -2.12. The van der Waals surface area contributed by atoms with E-state index in [0.717, 1.165) is 24.4 Å². The lowest BCUT2D eigenvalue weighted by molar-refractivity contribution is 0.0994. The number of hydrogen-bond donors (Lipinski definition) is 0. The van der Waals surface area contributed by atoms with E-state index in [1.807, 2.05) is 23.6 Å². The minimum absolute atomic E-state index is 0.0597. The molecule has 7 heteroatoms. The first-order valence-electron chi connectivity index (χ1n) is 8.53. The van der Waals surface area contributed by atoms with Crippen LogP contribution in [-0.4, -0.2) is 25.8 Å². The number of carbonyl (C=O) groups excluding carboxylic acids is 1. The van der Waals surface area contributed by atoms with Gasteiger partial charge in [0, 0.05) is 11.5 Å². The Bertz CT molecular complexity index is 902. The van der Waals surface area contributed by atoms with Gasteiger partial charge in [-0.2, -0.15) is 0 Å². The predicted molar refractivity (Wildman–Crippen MR) is 95.9 cm³/mol. The molecule has 4 rings (SSSR count). The fourth-order valence-electron chi connectivity index (χ4n) is 2.80. The smallest absolute Gasteiger partial charge is 0.192 e. The number of halogens is 1. The van der Waals surface area contributed by atoms with Crippen molar-refractivity contribution in [3.05, 3.63) is 65.6 Å². The van der Waals surface area contributed by atoms with Gasteiger partial charge in [0.25, 0.3) is 0 Å². The third-order valence-corrected chi connectivity index (χ3v) is 5.44. The first-order valence-corrected chi connectivity index (χ1v) is 9.41. The summed E-state index contributed by atoms with van der Waals surface area (Å²) in [6.07, 6.45) is 3.88. The van der Waals surface area contributed by atoms with Crippen LogP contribution >= 0.6 is 11.8 Å². The van der Waals surface area contributed by atoms with E-state index in [1.165, 1.54) is 36.0 Å². The summed E-state index contributed by atoms with van der Waals surface area (Å²) in [5.74, 6) is 1.80. The Balaban J connectivity index is 1.55. The molecule has 1 aliphatic carbocycles. The Morgan fingerprint density at radius 2 is 2.08 bits per heavy atom. The van der Waals surface area contributed by atoms with E-state index in [-0.39, 0.29) is 16.9 Å². The number of ketones is 1. The van der Waals surface area contributed by atoms with E-state index in [0.29, 0.717) is 23.2 Å². The molecule has 1 unspecified atom stereocenters. The topological polar surface area (TPSA) is 60.9 Å². The molecular formula is C19H18FN3O2S. The molecule has 3 aromatic rings. The highest BCUT2D eigenvalue weighted by Crippen LogP contribution is 2.40. The van der Waals surface area contributed by atoms with Crippen molar-refractivity contribution < 1.29 is 13.6 Å². The summed E-state index contributed by atoms with van der Waals surface area (Å²) < 4.78 is 20.6. The van der Waals surface area contributed by atoms with E-state index in [1.54, 1.807) is 6.26 Å². The summed E-state index contributed by atoms with van der Waals surface area (Å²) >= 11 is 1.37. The lowest BCUT2D eigenvalue weighted by Crippen LogP contribution is -2.15. The molecule has 5 nitrogen and oxygen atoms in total. The lowest BCUT2D eigenvalue weighted by atomic mass is 10.1. The number of benzene rings is 1. The molecule has 2 heterocycles. The molecule has 0 radical (unpaired) electrons. The molecule has 0 aliphatic heterocycles. The maximum absolute atomic E-state index is 13.1. The number of Topliss-reactive ketones (excluding diaryl/α,β-unsaturated/α-hetero) is 1. The van der Waals surface area contributed by atoms with Gasteiger partial charge in [-0.3, -0.25) is 9.36 Å². The normalized spacial score (nSPS) is 15.2. The number of furan rings is 1. The van der Waals surface area contributed by atoms with Gasteiger partial charge in [0.1, 0.15) is 17.4 Å². The number of nitrogens with zero attached hydrogens (tertiary/aromatic N) is 3. The standard InChI is InChI=1S/C19H18FN3O2S/c1-12(17(24)13-6-8-15(20)9-7-13)26-19-22-21-18(14-4-5-14)23(19)11-16-3-2-10-25-16/h2-3,6-10,12,14H,4-5,11H2,1H3. The Morgan fingerprint density at radius 1 is 1.31 bits per heavy atom. The van der Waals surface area contributed by atoms with Crippen molar-refractivity contribution >= 4 is 17.5 Å². The zero-order valence-corrected chi connectivity index (χ0v) is 15.1. The third-order valence-electron chi connectivity index (χ3n) is 4.36. The predicted octanol–water partition coefficient (Wildman–Crippen LogP) is 4.30. The summed E-state index contributed by atoms with van der Waals surface area (Å²) in [6.45, 7) is 2.38. The third kappa shape index (κ3) is 3.58. The van der Waals surface area contributed by atoms with Crippen LogP contribution < -0.4 is 0 Å². The Kier molecular flexibility index (Phi) is 4.63. The van der Waals surface area contributed by atoms with Crippen LogP contribution in [0.5, 0.6) is 0 Å². The molecule has 1 fully saturated rings. The molecule has 0 amide bonds. The van der Waals surface area contributed by atoms with Gasteiger partial charge in [-0.05, 0) is 56.2 Å². The molecule has 0 bridgehead atoms. The van der Waals surface area contributed by atoms with E-state index in [9.17, 15) is 9.18 Å². The van der Waals surface area contributed by atoms with Gasteiger partial charge >= 0.3 is 0 Å². The van der Waals surface area contributed by atoms with E-state index in [4.69, 9.17) is 4.42 Å². The van der Waals surface area contributed by atoms with Crippen LogP contribution in [0.4, 0.5) is 4.39 Å². The number of carbonyl (C=O) groups is 1. The molecule has 1 aliphatic rings. The van der Waals surface area contributed by atoms with Gasteiger partial charge in [0.15, 0.2) is 10.9 Å². The summed E-state index contributed by atoms with van der Waals surface area (Å²) in [5.41, 5.74) is 0.492. The van der Waals surface area contributed by atoms with Crippen LogP contribution in [0.1, 0.15) is 47.6 Å². The van der Waals surface area contributed by atoms with E-state index in [2.05, 4.69) is 10.2 Å². The van der Waals surface area contributed by atoms with Crippen LogP contribution in [0.2, 0.25) is 0 Å². The SMILES string of the molecule is CC(Sc1nnc(C2CC2)n1Cc1ccco1)C(=O)c1ccc(F)cc1. The van der Waals surface area contributed by atoms with Crippen LogP contribution in [-0.2, 0) is 6.54 Å². The first kappa shape index (κ1) is 17.0. The molecule has 1 atom stereocenters. The second kappa shape index (κ2) is 7.07. The molecule has 0 N–H and O–H groups in total. The van der Waals surface area contributed by atoms with Gasteiger partial charge in [-0.15, -0.1) is 10.2 Å². The Hall–Kier alpha value is -2.41. The molecule has 1 aromatic carbocycles. The van der Waals surface area contributed by atoms with Crippen molar-refractivity contribution in [3.8, 4) is 0 Å². The van der Waals surface area contributed by atoms with Crippen molar-refractivity contribution in [2.45, 2.75) is 42.6 Å². The fraction of sp³-hybridized carbons (Fsp3) is 0.316. The van der Waals surface area contributed by atoms with E-state index >= 15 is 0 Å². The Labute approximate surface area is 154 Å². The second-order valence-corrected chi connectivity index (χ2v) is 7.72. The van der Waals surface area contributed by atoms with Gasteiger partial charge < -0.3 is 4.42 Å². The molecule has 0 saturated heterocycles. The molecule has 26 heavy (non-hydrogen) atoms. The largest absolute Gasteiger partial charge is 0.467 e. The average molecular weight is 371 g/mol. The fourth-order valence-corrected chi connectivity index (χ4v) is 3.73. The molecular weight excluding hydrogens is 353 g/mol. The van der Waals surface area contributed by atoms with Crippen molar-refractivity contribution in [1.29, 1.82) is 0 Å². The van der Waals surface area contributed by atoms with Crippen molar-refractivity contribution in [1.82, 2.24) is 14.8 Å². The zero-order chi connectivity index (χ0) is 18.1. The van der Waals surface area contributed by atoms with Crippen LogP contribution in [0.25, 0.3) is 0 Å². The van der Waals surface area contributed by atoms with E-state index < -0.39 is 0 Å². The summed E-state index contributed by atoms with van der Waals surface area (Å²) in [4.78, 5) is 12.6. The van der Waals surface area contributed by atoms with Gasteiger partial charge in [0.05, 0.1) is 18.1 Å². The minimum Gasteiger partial charge on any atom is -0.467 e. The average Bonchev–Trinajstić information content (AvgIpc) is 3.21. The molecule has 2 aromatic heterocycles. The van der Waals surface area contributed by atoms with Crippen LogP contribution in [0.3, 0.4) is 0 Å². The van der Waals surface area contributed by atoms with Gasteiger partial charge in [0.2, 0.25) is 0 Å². The number of thioether (sulfide) groups is 1. The highest BCUT2D eigenvalue weighted by molar-refractivity contribution is 8.00. The number of rotatable bonds is 7. The van der Waals surface area contributed by atoms with Gasteiger partial charge in [-0.1, -0.05) is 11.8 Å². The highest BCUT2D eigenvalue weighted by Gasteiger charge is 2.31. The summed E-state index contributed by atoms with van der Waals surface area (Å²) in [6, 6.07) is 9.39. The van der Waals surface area contributed by atoms with Crippen LogP contribution in [0.15, 0.2) is 52.2 Å². The molecule has 0 spiro atoms. The van der Waals surface area contributed by atoms with Crippen LogP contribution in [0, 0.1) is 5.82 Å². The highest BCUT2D eigenvalue weighted by atomic mass is 32.2. The maximum Gasteiger partial charge on any atom is 0.192 e. The maximum atomic E-state index is 13.1. The molecule has 134 valence electrons. The first-order chi connectivity index (χ1) is 12.6. The van der Waals surface area contributed by atoms with Crippen molar-refractivity contribution in [2.75, 3.05) is 0 Å². The zero-order valence-electron chi connectivity index (χ0n) is 14.3. The van der Waals surface area contributed by atoms with Crippen molar-refractivity contribution in [2.24, 2.45) is 0 Å². The van der Waals surface area contributed by atoms with Gasteiger partial charge in [-0.25, -0.2) is 4.39 Å². The minimum atomic E-state index is -0.355. The number of hydrogen-bond acceptors (Lipinski definition) is 5. The Morgan fingerprint density at radius 3 is 2.73 bits per heavy atom. The number of aromatic nitrogens is 3. The summed E-state index contributed by atoms with van der Waals surface area (Å²) in [5, 5.41) is 9.00.